The number of nitrogens with zero attached hydrogens (tertiary/aromatic N) is 2. The maximum atomic E-state index is 13.3. The summed E-state index contributed by atoms with van der Waals surface area (Å²) in [7, 11) is 0. The number of nitrogens with one attached hydrogen (secondary N) is 1. The summed E-state index contributed by atoms with van der Waals surface area (Å²) >= 11 is 0. The minimum Gasteiger partial charge on any atom is -0.308 e. The molecule has 0 fully saturated rings. The van der Waals surface area contributed by atoms with E-state index in [4.69, 9.17) is 4.98 Å². The van der Waals surface area contributed by atoms with Gasteiger partial charge in [0, 0.05) is 0 Å². The number of aryl methyl sites for hydroxylation is 1. The van der Waals surface area contributed by atoms with Gasteiger partial charge in [0.25, 0.3) is 5.56 Å². The zero-order chi connectivity index (χ0) is 19.2. The summed E-state index contributed by atoms with van der Waals surface area (Å²) in [6, 6.07) is 15.6. The highest BCUT2D eigenvalue weighted by atomic mass is 16.1. The van der Waals surface area contributed by atoms with E-state index in [0.717, 1.165) is 35.6 Å². The van der Waals surface area contributed by atoms with Gasteiger partial charge in [0.2, 0.25) is 0 Å². The van der Waals surface area contributed by atoms with E-state index in [1.807, 2.05) is 55.5 Å². The topological polar surface area (TPSA) is 46.9 Å². The number of rotatable bonds is 8. The van der Waals surface area contributed by atoms with Crippen LogP contribution in [0.15, 0.2) is 53.3 Å². The van der Waals surface area contributed by atoms with Crippen LogP contribution in [0, 0.1) is 6.92 Å². The molecular formula is C23H29N3O. The lowest BCUT2D eigenvalue weighted by Gasteiger charge is -2.20. The van der Waals surface area contributed by atoms with Gasteiger partial charge in [0.15, 0.2) is 0 Å². The molecule has 0 unspecified atom stereocenters. The van der Waals surface area contributed by atoms with E-state index in [1.54, 1.807) is 4.57 Å². The third-order valence-corrected chi connectivity index (χ3v) is 5.03. The summed E-state index contributed by atoms with van der Waals surface area (Å²) in [5.41, 5.74) is 2.70. The Hall–Kier alpha value is -2.46. The molecule has 0 aliphatic heterocycles. The Balaban J connectivity index is 2.03. The van der Waals surface area contributed by atoms with Crippen LogP contribution in [0.5, 0.6) is 0 Å². The monoisotopic (exact) mass is 363 g/mol. The third kappa shape index (κ3) is 4.28. The summed E-state index contributed by atoms with van der Waals surface area (Å²) in [6.45, 7) is 7.27. The zero-order valence-electron chi connectivity index (χ0n) is 16.5. The normalized spacial score (nSPS) is 12.4. The molecule has 1 atom stereocenters. The van der Waals surface area contributed by atoms with Gasteiger partial charge in [-0.1, -0.05) is 56.5 Å². The molecule has 0 bridgehead atoms. The fraction of sp³-hybridized carbons (Fsp3) is 0.391. The van der Waals surface area contributed by atoms with Crippen molar-refractivity contribution >= 4 is 10.9 Å². The van der Waals surface area contributed by atoms with Crippen molar-refractivity contribution < 1.29 is 0 Å². The van der Waals surface area contributed by atoms with Crippen LogP contribution in [0.25, 0.3) is 16.6 Å². The maximum Gasteiger partial charge on any atom is 0.266 e. The van der Waals surface area contributed by atoms with E-state index in [1.165, 1.54) is 19.3 Å². The summed E-state index contributed by atoms with van der Waals surface area (Å²) in [4.78, 5) is 18.2. The second kappa shape index (κ2) is 8.96. The number of fused-ring (bicyclic) bond motifs is 1. The van der Waals surface area contributed by atoms with Gasteiger partial charge in [-0.25, -0.2) is 4.98 Å². The SMILES string of the molecule is CCCCCCN[C@H](C)c1nc2ccccc2c(=O)n1-c1ccccc1C. The van der Waals surface area contributed by atoms with Gasteiger partial charge in [-0.2, -0.15) is 0 Å². The van der Waals surface area contributed by atoms with Crippen LogP contribution < -0.4 is 10.9 Å². The van der Waals surface area contributed by atoms with Gasteiger partial charge in [0.05, 0.1) is 22.6 Å². The van der Waals surface area contributed by atoms with Crippen molar-refractivity contribution in [3.05, 3.63) is 70.3 Å². The van der Waals surface area contributed by atoms with Crippen molar-refractivity contribution in [1.29, 1.82) is 0 Å². The lowest BCUT2D eigenvalue weighted by Crippen LogP contribution is -2.31. The van der Waals surface area contributed by atoms with E-state index in [2.05, 4.69) is 19.2 Å². The van der Waals surface area contributed by atoms with Crippen LogP contribution >= 0.6 is 0 Å². The highest BCUT2D eigenvalue weighted by molar-refractivity contribution is 5.78. The van der Waals surface area contributed by atoms with Crippen molar-refractivity contribution in [2.75, 3.05) is 6.54 Å². The molecule has 4 nitrogen and oxygen atoms in total. The maximum absolute atomic E-state index is 13.3. The van der Waals surface area contributed by atoms with Crippen LogP contribution in [-0.4, -0.2) is 16.1 Å². The molecule has 0 amide bonds. The van der Waals surface area contributed by atoms with E-state index in [9.17, 15) is 4.79 Å². The van der Waals surface area contributed by atoms with Crippen LogP contribution in [0.1, 0.15) is 57.0 Å². The largest absolute Gasteiger partial charge is 0.308 e. The van der Waals surface area contributed by atoms with Crippen molar-refractivity contribution in [2.24, 2.45) is 0 Å². The van der Waals surface area contributed by atoms with Crippen molar-refractivity contribution in [2.45, 2.75) is 52.5 Å². The second-order valence-corrected chi connectivity index (χ2v) is 7.15. The Bertz CT molecular complexity index is 961. The predicted octanol–water partition coefficient (Wildman–Crippen LogP) is 4.93. The first-order chi connectivity index (χ1) is 13.1. The van der Waals surface area contributed by atoms with Gasteiger partial charge in [-0.3, -0.25) is 9.36 Å². The van der Waals surface area contributed by atoms with Gasteiger partial charge in [-0.15, -0.1) is 0 Å². The smallest absolute Gasteiger partial charge is 0.266 e. The Morgan fingerprint density at radius 2 is 1.78 bits per heavy atom. The minimum absolute atomic E-state index is 0.00969. The molecule has 4 heteroatoms. The first-order valence-electron chi connectivity index (χ1n) is 9.94. The van der Waals surface area contributed by atoms with Gasteiger partial charge in [0.1, 0.15) is 5.82 Å². The number of aromatic nitrogens is 2. The fourth-order valence-electron chi connectivity index (χ4n) is 3.45. The van der Waals surface area contributed by atoms with Gasteiger partial charge < -0.3 is 5.32 Å². The van der Waals surface area contributed by atoms with Crippen LogP contribution in [0.2, 0.25) is 0 Å². The Labute approximate surface area is 161 Å². The quantitative estimate of drug-likeness (QED) is 0.578. The number of unbranched alkanes of at least 4 members (excludes halogenated alkanes) is 3. The Morgan fingerprint density at radius 3 is 2.56 bits per heavy atom. The van der Waals surface area contributed by atoms with E-state index >= 15 is 0 Å². The third-order valence-electron chi connectivity index (χ3n) is 5.03. The summed E-state index contributed by atoms with van der Waals surface area (Å²) in [5.74, 6) is 0.767. The van der Waals surface area contributed by atoms with E-state index in [0.29, 0.717) is 5.39 Å². The fourth-order valence-corrected chi connectivity index (χ4v) is 3.45. The molecule has 0 spiro atoms. The summed E-state index contributed by atoms with van der Waals surface area (Å²) in [6.07, 6.45) is 4.86. The van der Waals surface area contributed by atoms with E-state index < -0.39 is 0 Å². The van der Waals surface area contributed by atoms with Crippen molar-refractivity contribution in [1.82, 2.24) is 14.9 Å². The molecule has 0 aliphatic carbocycles. The molecule has 1 heterocycles. The zero-order valence-corrected chi connectivity index (χ0v) is 16.5. The second-order valence-electron chi connectivity index (χ2n) is 7.15. The molecule has 142 valence electrons. The first kappa shape index (κ1) is 19.3. The Morgan fingerprint density at radius 1 is 1.04 bits per heavy atom. The molecule has 0 saturated carbocycles. The molecule has 0 radical (unpaired) electrons. The lowest BCUT2D eigenvalue weighted by molar-refractivity contribution is 0.508. The predicted molar refractivity (Wildman–Crippen MR) is 113 cm³/mol. The number of benzene rings is 2. The van der Waals surface area contributed by atoms with Crippen LogP contribution in [0.3, 0.4) is 0 Å². The highest BCUT2D eigenvalue weighted by Gasteiger charge is 2.18. The average molecular weight is 364 g/mol. The lowest BCUT2D eigenvalue weighted by atomic mass is 10.1. The molecule has 3 rings (SSSR count). The molecule has 1 aromatic heterocycles. The summed E-state index contributed by atoms with van der Waals surface area (Å²) < 4.78 is 1.78. The standard InChI is InChI=1S/C23H29N3O/c1-4-5-6-11-16-24-18(3)22-25-20-14-9-8-13-19(20)23(27)26(22)21-15-10-7-12-17(21)2/h7-10,12-15,18,24H,4-6,11,16H2,1-3H3/t18-/m1/s1. The minimum atomic E-state index is -0.0106. The molecule has 2 aromatic carbocycles. The number of hydrogen-bond acceptors (Lipinski definition) is 3. The van der Waals surface area contributed by atoms with Crippen LogP contribution in [-0.2, 0) is 0 Å². The molecular weight excluding hydrogens is 334 g/mol. The summed E-state index contributed by atoms with van der Waals surface area (Å²) in [5, 5.41) is 4.21. The van der Waals surface area contributed by atoms with Gasteiger partial charge in [-0.05, 0) is 50.6 Å². The number of para-hydroxylation sites is 2. The first-order valence-corrected chi connectivity index (χ1v) is 9.94. The van der Waals surface area contributed by atoms with E-state index in [-0.39, 0.29) is 11.6 Å². The molecule has 1 N–H and O–H groups in total. The highest BCUT2D eigenvalue weighted by Crippen LogP contribution is 2.20. The molecule has 0 aliphatic rings. The van der Waals surface area contributed by atoms with Crippen LogP contribution in [0.4, 0.5) is 0 Å². The van der Waals surface area contributed by atoms with Crippen molar-refractivity contribution in [3.63, 3.8) is 0 Å². The van der Waals surface area contributed by atoms with Gasteiger partial charge >= 0.3 is 0 Å². The number of hydrogen-bond donors (Lipinski definition) is 1. The molecule has 0 saturated heterocycles. The molecule has 3 aromatic rings. The average Bonchev–Trinajstić information content (AvgIpc) is 2.68. The molecule has 27 heavy (non-hydrogen) atoms. The Kier molecular flexibility index (Phi) is 6.40. The van der Waals surface area contributed by atoms with Crippen molar-refractivity contribution in [3.8, 4) is 5.69 Å².